The van der Waals surface area contributed by atoms with Gasteiger partial charge in [0, 0.05) is 25.2 Å². The third-order valence-electron chi connectivity index (χ3n) is 12.2. The van der Waals surface area contributed by atoms with Gasteiger partial charge >= 0.3 is 11.9 Å². The molecule has 370 valence electrons. The van der Waals surface area contributed by atoms with E-state index in [0.717, 1.165) is 51.4 Å². The van der Waals surface area contributed by atoms with Gasteiger partial charge in [-0.05, 0) is 31.6 Å². The number of aliphatic hydroxyl groups is 2. The number of hydrogen-bond donors (Lipinski definition) is 2. The zero-order valence-corrected chi connectivity index (χ0v) is 41.6. The van der Waals surface area contributed by atoms with E-state index in [1.54, 1.807) is 12.2 Å². The number of nitrogens with zero attached hydrogens (tertiary/aromatic N) is 1. The quantitative estimate of drug-likeness (QED) is 0.0196. The molecule has 0 heterocycles. The maximum Gasteiger partial charge on any atom is 0.306 e. The third-order valence-corrected chi connectivity index (χ3v) is 13.2. The van der Waals surface area contributed by atoms with E-state index in [-0.39, 0.29) is 44.2 Å². The monoisotopic (exact) mass is 916 g/mol. The van der Waals surface area contributed by atoms with Crippen LogP contribution in [0.4, 0.5) is 0 Å². The summed E-state index contributed by atoms with van der Waals surface area (Å²) in [6, 6.07) is 0. The summed E-state index contributed by atoms with van der Waals surface area (Å²) < 4.78 is 34.0. The van der Waals surface area contributed by atoms with Crippen molar-refractivity contribution in [2.24, 2.45) is 11.8 Å². The molecule has 0 bridgehead atoms. The van der Waals surface area contributed by atoms with E-state index in [9.17, 15) is 34.1 Å². The number of ketones is 1. The summed E-state index contributed by atoms with van der Waals surface area (Å²) in [7, 11) is 1.03. The standard InChI is InChI=1S/C50H94NO11P/c1-6-8-10-11-12-13-14-15-16-17-18-19-20-21-22-23-24-25-30-34-49(55)59-41-44(42-61-63(57,58)60-39-38-51(3,4)5)62-50(56)35-31-27-26-29-33-45-46(48(54)40-47(45)53)37-36-43(52)32-28-9-7-2/h36-37,43-47,52-53H,6-35,38-42H2,1-5H3/b37-36+/t43-,44+,45+,46+,47-/m0/s1. The fourth-order valence-corrected chi connectivity index (χ4v) is 8.88. The average Bonchev–Trinajstić information content (AvgIpc) is 3.50. The van der Waals surface area contributed by atoms with E-state index in [1.165, 1.54) is 96.3 Å². The highest BCUT2D eigenvalue weighted by Crippen LogP contribution is 2.38. The van der Waals surface area contributed by atoms with Gasteiger partial charge in [0.1, 0.15) is 25.5 Å². The number of phosphoric ester groups is 1. The first kappa shape index (κ1) is 59.4. The number of allylic oxidation sites excluding steroid dienone is 1. The predicted molar refractivity (Wildman–Crippen MR) is 251 cm³/mol. The van der Waals surface area contributed by atoms with Crippen molar-refractivity contribution in [2.75, 3.05) is 47.5 Å². The van der Waals surface area contributed by atoms with Crippen LogP contribution >= 0.6 is 7.82 Å². The van der Waals surface area contributed by atoms with E-state index in [0.29, 0.717) is 43.1 Å². The number of aliphatic hydroxyl groups excluding tert-OH is 2. The van der Waals surface area contributed by atoms with E-state index in [1.807, 2.05) is 21.1 Å². The second-order valence-corrected chi connectivity index (χ2v) is 20.7. The van der Waals surface area contributed by atoms with Crippen LogP contribution in [-0.2, 0) is 37.5 Å². The van der Waals surface area contributed by atoms with Gasteiger partial charge in [-0.1, -0.05) is 180 Å². The lowest BCUT2D eigenvalue weighted by molar-refractivity contribution is -0.870. The second kappa shape index (κ2) is 37.4. The lowest BCUT2D eigenvalue weighted by Gasteiger charge is -2.28. The van der Waals surface area contributed by atoms with Crippen LogP contribution in [0.25, 0.3) is 0 Å². The largest absolute Gasteiger partial charge is 0.756 e. The molecule has 1 fully saturated rings. The van der Waals surface area contributed by atoms with E-state index in [2.05, 4.69) is 13.8 Å². The molecule has 0 amide bonds. The molecule has 12 nitrogen and oxygen atoms in total. The number of likely N-dealkylation sites (N-methyl/N-ethyl adjacent to an activating group) is 1. The van der Waals surface area contributed by atoms with Crippen molar-refractivity contribution in [2.45, 2.75) is 231 Å². The molecule has 63 heavy (non-hydrogen) atoms. The maximum absolute atomic E-state index is 12.8. The van der Waals surface area contributed by atoms with Crippen molar-refractivity contribution in [1.82, 2.24) is 0 Å². The Morgan fingerprint density at radius 3 is 1.71 bits per heavy atom. The summed E-state index contributed by atoms with van der Waals surface area (Å²) in [6.45, 7) is 3.89. The van der Waals surface area contributed by atoms with Gasteiger partial charge in [-0.2, -0.15) is 0 Å². The molecular weight excluding hydrogens is 822 g/mol. The molecule has 1 rings (SSSR count). The molecule has 1 aliphatic rings. The van der Waals surface area contributed by atoms with E-state index in [4.69, 9.17) is 18.5 Å². The zero-order chi connectivity index (χ0) is 46.6. The highest BCUT2D eigenvalue weighted by molar-refractivity contribution is 7.45. The highest BCUT2D eigenvalue weighted by atomic mass is 31.2. The van der Waals surface area contributed by atoms with E-state index >= 15 is 0 Å². The Hall–Kier alpha value is -1.66. The number of carbonyl (C=O) groups is 3. The number of rotatable bonds is 43. The number of ether oxygens (including phenoxy) is 2. The number of unbranched alkanes of at least 4 members (excludes halogenated alkanes) is 23. The van der Waals surface area contributed by atoms with E-state index < -0.39 is 50.6 Å². The summed E-state index contributed by atoms with van der Waals surface area (Å²) in [5.41, 5.74) is 0. The Morgan fingerprint density at radius 1 is 0.714 bits per heavy atom. The molecule has 0 aliphatic heterocycles. The zero-order valence-electron chi connectivity index (χ0n) is 40.8. The Balaban J connectivity index is 2.38. The van der Waals surface area contributed by atoms with Crippen molar-refractivity contribution in [3.05, 3.63) is 12.2 Å². The van der Waals surface area contributed by atoms with Crippen molar-refractivity contribution in [1.29, 1.82) is 0 Å². The number of hydrogen-bond acceptors (Lipinski definition) is 11. The SMILES string of the molecule is CCCCCCCCCCCCCCCCCCCCCC(=O)OC[C@H](COP(=O)([O-])OCC[N+](C)(C)C)OC(=O)CCCCCC[C@H]1[C@@H](O)CC(=O)[C@@H]1/C=C/[C@@H](O)CCCCC. The molecular formula is C50H94NO11P. The van der Waals surface area contributed by atoms with Crippen molar-refractivity contribution in [3.8, 4) is 0 Å². The third kappa shape index (κ3) is 34.3. The molecule has 1 unspecified atom stereocenters. The number of carbonyl (C=O) groups excluding carboxylic acids is 3. The van der Waals surface area contributed by atoms with Gasteiger partial charge in [0.25, 0.3) is 7.82 Å². The van der Waals surface area contributed by atoms with Crippen LogP contribution in [-0.4, -0.2) is 98.2 Å². The fourth-order valence-electron chi connectivity index (χ4n) is 8.15. The van der Waals surface area contributed by atoms with Crippen molar-refractivity contribution < 1.29 is 57.1 Å². The van der Waals surface area contributed by atoms with Crippen LogP contribution < -0.4 is 4.89 Å². The summed E-state index contributed by atoms with van der Waals surface area (Å²) in [5.74, 6) is -1.57. The van der Waals surface area contributed by atoms with Gasteiger partial charge in [-0.25, -0.2) is 0 Å². The minimum atomic E-state index is -4.69. The van der Waals surface area contributed by atoms with Gasteiger partial charge in [0.2, 0.25) is 0 Å². The number of Topliss-reactive ketones (excluding diaryl/α,β-unsaturated/α-hetero) is 1. The molecule has 2 N–H and O–H groups in total. The highest BCUT2D eigenvalue weighted by Gasteiger charge is 2.39. The Bertz CT molecular complexity index is 1240. The Morgan fingerprint density at radius 2 is 1.19 bits per heavy atom. The van der Waals surface area contributed by atoms with Crippen LogP contribution in [0.2, 0.25) is 0 Å². The van der Waals surface area contributed by atoms with Crippen LogP contribution in [0.3, 0.4) is 0 Å². The number of phosphoric acid groups is 1. The molecule has 0 radical (unpaired) electrons. The Kier molecular flexibility index (Phi) is 35.3. The fraction of sp³-hybridized carbons (Fsp3) is 0.900. The molecule has 0 aromatic heterocycles. The molecule has 0 spiro atoms. The molecule has 6 atom stereocenters. The number of esters is 2. The van der Waals surface area contributed by atoms with Crippen molar-refractivity contribution >= 4 is 25.5 Å². The topological polar surface area (TPSA) is 169 Å². The van der Waals surface area contributed by atoms with Gasteiger partial charge < -0.3 is 38.1 Å². The van der Waals surface area contributed by atoms with Crippen LogP contribution in [0.15, 0.2) is 12.2 Å². The van der Waals surface area contributed by atoms with Gasteiger partial charge in [0.05, 0.1) is 40.0 Å². The molecule has 0 aromatic rings. The first-order chi connectivity index (χ1) is 30.2. The van der Waals surface area contributed by atoms with Crippen LogP contribution in [0, 0.1) is 11.8 Å². The summed E-state index contributed by atoms with van der Waals surface area (Å²) >= 11 is 0. The first-order valence-electron chi connectivity index (χ1n) is 25.5. The van der Waals surface area contributed by atoms with Crippen LogP contribution in [0.1, 0.15) is 213 Å². The minimum absolute atomic E-state index is 0.00117. The second-order valence-electron chi connectivity index (χ2n) is 19.3. The maximum atomic E-state index is 12.8. The normalized spacial score (nSPS) is 18.8. The lowest BCUT2D eigenvalue weighted by atomic mass is 9.88. The van der Waals surface area contributed by atoms with Crippen molar-refractivity contribution in [3.63, 3.8) is 0 Å². The smallest absolute Gasteiger partial charge is 0.306 e. The van der Waals surface area contributed by atoms with Gasteiger partial charge in [-0.15, -0.1) is 0 Å². The molecule has 1 aliphatic carbocycles. The molecule has 0 aromatic carbocycles. The number of quaternary nitrogens is 1. The summed E-state index contributed by atoms with van der Waals surface area (Å²) in [5, 5.41) is 20.8. The molecule has 13 heteroatoms. The Labute approximate surface area is 384 Å². The average molecular weight is 916 g/mol. The first-order valence-corrected chi connectivity index (χ1v) is 27.0. The van der Waals surface area contributed by atoms with Gasteiger partial charge in [-0.3, -0.25) is 18.9 Å². The lowest BCUT2D eigenvalue weighted by Crippen LogP contribution is -2.37. The molecule has 0 saturated heterocycles. The van der Waals surface area contributed by atoms with Crippen LogP contribution in [0.5, 0.6) is 0 Å². The minimum Gasteiger partial charge on any atom is -0.756 e. The summed E-state index contributed by atoms with van der Waals surface area (Å²) in [4.78, 5) is 50.5. The molecule has 1 saturated carbocycles. The summed E-state index contributed by atoms with van der Waals surface area (Å²) in [6.07, 6.45) is 32.8. The predicted octanol–water partition coefficient (Wildman–Crippen LogP) is 10.9. The van der Waals surface area contributed by atoms with Gasteiger partial charge in [0.15, 0.2) is 6.10 Å².